The fraction of sp³-hybridized carbons (Fsp3) is 0.273. The van der Waals surface area contributed by atoms with Crippen molar-refractivity contribution in [2.45, 2.75) is 43.9 Å². The molecule has 5 aromatic rings. The molecular formula is C33H31FN6O3. The third-order valence-corrected chi connectivity index (χ3v) is 8.43. The summed E-state index contributed by atoms with van der Waals surface area (Å²) in [4.78, 5) is 28.9. The molecule has 0 unspecified atom stereocenters. The number of rotatable bonds is 8. The lowest BCUT2D eigenvalue weighted by Gasteiger charge is -2.37. The van der Waals surface area contributed by atoms with Crippen LogP contribution >= 0.6 is 0 Å². The lowest BCUT2D eigenvalue weighted by atomic mass is 9.77. The van der Waals surface area contributed by atoms with Crippen LogP contribution in [0.25, 0.3) is 16.0 Å². The second-order valence-corrected chi connectivity index (χ2v) is 10.6. The molecule has 3 aromatic carbocycles. The summed E-state index contributed by atoms with van der Waals surface area (Å²) in [6, 6.07) is 27.4. The molecule has 1 aliphatic heterocycles. The minimum absolute atomic E-state index is 0.0419. The molecule has 6 rings (SSSR count). The molecular weight excluding hydrogens is 547 g/mol. The van der Waals surface area contributed by atoms with Crippen molar-refractivity contribution >= 4 is 17.1 Å². The summed E-state index contributed by atoms with van der Waals surface area (Å²) in [6.07, 6.45) is -0.996. The van der Waals surface area contributed by atoms with E-state index in [-0.39, 0.29) is 17.1 Å². The van der Waals surface area contributed by atoms with Gasteiger partial charge in [-0.15, -0.1) is 0 Å². The molecule has 2 aromatic heterocycles. The second-order valence-electron chi connectivity index (χ2n) is 10.6. The van der Waals surface area contributed by atoms with Crippen molar-refractivity contribution in [3.63, 3.8) is 0 Å². The standard InChI is InChI=1S/C33H31FN6O3/c1-5-32(35-3)21(2)26(34)30(43-32)40-20-36-27-28(40)37-31(38-29(27)41)39-33(22-12-8-6-9-13-22,23-14-10-7-11-15-23)24-16-18-25(42-4)19-17-24/h6-21,26,30H,5H2,1-2,4H3,(H2,37,38,39,41)/t21-,26+,30+,32+/m0/s1. The molecule has 4 atom stereocenters. The first kappa shape index (κ1) is 28.1. The summed E-state index contributed by atoms with van der Waals surface area (Å²) in [5.74, 6) is 0.164. The number of aromatic amines is 1. The predicted molar refractivity (Wildman–Crippen MR) is 161 cm³/mol. The average Bonchev–Trinajstić information content (AvgIpc) is 3.59. The minimum Gasteiger partial charge on any atom is -0.497 e. The van der Waals surface area contributed by atoms with Gasteiger partial charge in [-0.05, 0) is 35.7 Å². The Bertz CT molecular complexity index is 1800. The van der Waals surface area contributed by atoms with Crippen molar-refractivity contribution in [1.29, 1.82) is 0 Å². The van der Waals surface area contributed by atoms with Gasteiger partial charge in [-0.1, -0.05) is 79.7 Å². The minimum atomic E-state index is -1.50. The van der Waals surface area contributed by atoms with Gasteiger partial charge in [0.15, 0.2) is 23.6 Å². The van der Waals surface area contributed by atoms with Gasteiger partial charge in [0.2, 0.25) is 5.95 Å². The molecule has 0 spiro atoms. The first-order chi connectivity index (χ1) is 20.9. The molecule has 1 fully saturated rings. The number of methoxy groups -OCH3 is 1. The maximum Gasteiger partial charge on any atom is 0.344 e. The lowest BCUT2D eigenvalue weighted by molar-refractivity contribution is -0.0619. The number of imidazole rings is 1. The first-order valence-electron chi connectivity index (χ1n) is 14.1. The SMILES string of the molecule is [C-]#[N+][C@]1(CC)O[C@@H](n2cnc3c(=O)[nH]c(NC(c4ccccc4)(c4ccccc4)c4ccc(OC)cc4)nc32)[C@H](F)[C@@H]1C. The maximum absolute atomic E-state index is 15.7. The highest BCUT2D eigenvalue weighted by Crippen LogP contribution is 2.47. The van der Waals surface area contributed by atoms with Crippen LogP contribution in [0.4, 0.5) is 10.3 Å². The molecule has 10 heteroatoms. The van der Waals surface area contributed by atoms with Crippen molar-refractivity contribution in [2.75, 3.05) is 12.4 Å². The third-order valence-electron chi connectivity index (χ3n) is 8.43. The van der Waals surface area contributed by atoms with Crippen LogP contribution in [-0.4, -0.2) is 38.5 Å². The molecule has 0 amide bonds. The lowest BCUT2D eigenvalue weighted by Crippen LogP contribution is -2.39. The summed E-state index contributed by atoms with van der Waals surface area (Å²) >= 11 is 0. The zero-order chi connectivity index (χ0) is 30.2. The highest BCUT2D eigenvalue weighted by Gasteiger charge is 2.59. The number of hydrogen-bond acceptors (Lipinski definition) is 6. The van der Waals surface area contributed by atoms with E-state index in [0.717, 1.165) is 16.7 Å². The summed E-state index contributed by atoms with van der Waals surface area (Å²) in [6.45, 7) is 11.2. The summed E-state index contributed by atoms with van der Waals surface area (Å²) in [5.41, 5.74) is 0.0213. The van der Waals surface area contributed by atoms with Crippen LogP contribution in [0.15, 0.2) is 96.1 Å². The zero-order valence-corrected chi connectivity index (χ0v) is 24.0. The van der Waals surface area contributed by atoms with Gasteiger partial charge in [0.05, 0.1) is 25.8 Å². The molecule has 0 bridgehead atoms. The van der Waals surface area contributed by atoms with Crippen molar-refractivity contribution in [3.8, 4) is 5.75 Å². The number of aromatic nitrogens is 4. The van der Waals surface area contributed by atoms with Crippen LogP contribution in [-0.2, 0) is 10.3 Å². The Hall–Kier alpha value is -5.01. The van der Waals surface area contributed by atoms with Gasteiger partial charge < -0.3 is 10.1 Å². The number of fused-ring (bicyclic) bond motifs is 1. The Morgan fingerprint density at radius 2 is 1.67 bits per heavy atom. The fourth-order valence-corrected chi connectivity index (χ4v) is 5.98. The summed E-state index contributed by atoms with van der Waals surface area (Å²) < 4.78 is 28.6. The number of halogens is 1. The number of nitrogens with one attached hydrogen (secondary N) is 2. The van der Waals surface area contributed by atoms with E-state index in [0.29, 0.717) is 12.2 Å². The highest BCUT2D eigenvalue weighted by molar-refractivity contribution is 5.71. The van der Waals surface area contributed by atoms with Crippen LogP contribution < -0.4 is 15.6 Å². The van der Waals surface area contributed by atoms with E-state index in [4.69, 9.17) is 21.0 Å². The fourth-order valence-electron chi connectivity index (χ4n) is 5.98. The zero-order valence-electron chi connectivity index (χ0n) is 24.0. The van der Waals surface area contributed by atoms with E-state index in [9.17, 15) is 4.79 Å². The Morgan fingerprint density at radius 1 is 1.07 bits per heavy atom. The first-order valence-corrected chi connectivity index (χ1v) is 14.1. The van der Waals surface area contributed by atoms with Crippen LogP contribution in [0.2, 0.25) is 0 Å². The maximum atomic E-state index is 15.7. The van der Waals surface area contributed by atoms with Crippen molar-refractivity contribution in [1.82, 2.24) is 19.5 Å². The number of hydrogen-bond donors (Lipinski definition) is 2. The van der Waals surface area contributed by atoms with Gasteiger partial charge >= 0.3 is 5.72 Å². The number of ether oxygens (including phenoxy) is 2. The quantitative estimate of drug-likeness (QED) is 0.172. The Morgan fingerprint density at radius 3 is 2.21 bits per heavy atom. The molecule has 1 aliphatic rings. The number of alkyl halides is 1. The summed E-state index contributed by atoms with van der Waals surface area (Å²) in [5, 5.41) is 3.55. The molecule has 1 saturated heterocycles. The Labute approximate surface area is 248 Å². The van der Waals surface area contributed by atoms with Crippen molar-refractivity contribution < 1.29 is 13.9 Å². The molecule has 9 nitrogen and oxygen atoms in total. The van der Waals surface area contributed by atoms with Gasteiger partial charge in [0.25, 0.3) is 5.56 Å². The van der Waals surface area contributed by atoms with Gasteiger partial charge in [-0.3, -0.25) is 23.9 Å². The van der Waals surface area contributed by atoms with E-state index < -0.39 is 35.1 Å². The number of nitrogens with zero attached hydrogens (tertiary/aromatic N) is 4. The normalized spacial score (nSPS) is 21.9. The summed E-state index contributed by atoms with van der Waals surface area (Å²) in [7, 11) is 1.61. The number of H-pyrrole nitrogens is 1. The van der Waals surface area contributed by atoms with Crippen molar-refractivity contribution in [3.05, 3.63) is 130 Å². The molecule has 3 heterocycles. The highest BCUT2D eigenvalue weighted by atomic mass is 19.1. The topological polar surface area (TPSA) is 98.4 Å². The Kier molecular flexibility index (Phi) is 7.20. The van der Waals surface area contributed by atoms with Gasteiger partial charge in [0.1, 0.15) is 11.3 Å². The molecule has 43 heavy (non-hydrogen) atoms. The van der Waals surface area contributed by atoms with Crippen molar-refractivity contribution in [2.24, 2.45) is 5.92 Å². The number of anilines is 1. The molecule has 2 N–H and O–H groups in total. The average molecular weight is 579 g/mol. The van der Waals surface area contributed by atoms with E-state index in [2.05, 4.69) is 20.1 Å². The molecule has 0 saturated carbocycles. The molecule has 0 aliphatic carbocycles. The Balaban J connectivity index is 1.54. The largest absolute Gasteiger partial charge is 0.497 e. The molecule has 218 valence electrons. The third kappa shape index (κ3) is 4.53. The predicted octanol–water partition coefficient (Wildman–Crippen LogP) is 6.06. The smallest absolute Gasteiger partial charge is 0.344 e. The van der Waals surface area contributed by atoms with E-state index in [1.54, 1.807) is 21.0 Å². The van der Waals surface area contributed by atoms with E-state index >= 15 is 4.39 Å². The van der Waals surface area contributed by atoms with Crippen LogP contribution in [0.5, 0.6) is 5.75 Å². The van der Waals surface area contributed by atoms with E-state index in [1.807, 2.05) is 84.9 Å². The van der Waals surface area contributed by atoms with Gasteiger partial charge in [0, 0.05) is 0 Å². The number of benzene rings is 3. The van der Waals surface area contributed by atoms with Gasteiger partial charge in [-0.2, -0.15) is 4.98 Å². The molecule has 0 radical (unpaired) electrons. The van der Waals surface area contributed by atoms with Crippen LogP contribution in [0, 0.1) is 12.5 Å². The monoisotopic (exact) mass is 578 g/mol. The van der Waals surface area contributed by atoms with E-state index in [1.165, 1.54) is 10.9 Å². The second kappa shape index (κ2) is 11.0. The van der Waals surface area contributed by atoms with Crippen LogP contribution in [0.3, 0.4) is 0 Å². The van der Waals surface area contributed by atoms with Gasteiger partial charge in [-0.25, -0.2) is 15.9 Å². The van der Waals surface area contributed by atoms with Crippen LogP contribution in [0.1, 0.15) is 43.2 Å².